The summed E-state index contributed by atoms with van der Waals surface area (Å²) < 4.78 is 10.4. The highest BCUT2D eigenvalue weighted by atomic mass is 16.5. The highest BCUT2D eigenvalue weighted by molar-refractivity contribution is 5.43. The molecule has 1 aromatic rings. The smallest absolute Gasteiger partial charge is 0.128 e. The van der Waals surface area contributed by atoms with Crippen molar-refractivity contribution in [3.63, 3.8) is 0 Å². The quantitative estimate of drug-likeness (QED) is 0.682. The van der Waals surface area contributed by atoms with Gasteiger partial charge in [-0.3, -0.25) is 0 Å². The molecule has 0 spiro atoms. The summed E-state index contributed by atoms with van der Waals surface area (Å²) in [4.78, 5) is 0. The molecule has 0 saturated carbocycles. The van der Waals surface area contributed by atoms with E-state index in [2.05, 4.69) is 0 Å². The number of aliphatic hydroxyl groups is 1. The third-order valence-corrected chi connectivity index (χ3v) is 2.38. The fraction of sp³-hybridized carbons (Fsp3) is 0.400. The largest absolute Gasteiger partial charge is 0.497 e. The van der Waals surface area contributed by atoms with Crippen LogP contribution in [0.1, 0.15) is 11.7 Å². The third-order valence-electron chi connectivity index (χ3n) is 2.38. The van der Waals surface area contributed by atoms with E-state index in [4.69, 9.17) is 15.2 Å². The second kappa shape index (κ2) is 3.48. The van der Waals surface area contributed by atoms with Gasteiger partial charge in [-0.1, -0.05) is 0 Å². The van der Waals surface area contributed by atoms with Crippen LogP contribution in [0.5, 0.6) is 11.5 Å². The highest BCUT2D eigenvalue weighted by Gasteiger charge is 2.26. The summed E-state index contributed by atoms with van der Waals surface area (Å²) >= 11 is 0. The average Bonchev–Trinajstić information content (AvgIpc) is 2.23. The van der Waals surface area contributed by atoms with Gasteiger partial charge >= 0.3 is 0 Å². The molecule has 0 aromatic heterocycles. The first-order valence-electron chi connectivity index (χ1n) is 4.46. The van der Waals surface area contributed by atoms with Crippen molar-refractivity contribution in [1.29, 1.82) is 0 Å². The summed E-state index contributed by atoms with van der Waals surface area (Å²) in [5.74, 6) is 1.37. The van der Waals surface area contributed by atoms with Gasteiger partial charge in [0, 0.05) is 11.6 Å². The molecular weight excluding hydrogens is 182 g/mol. The number of hydrogen-bond donors (Lipinski definition) is 2. The summed E-state index contributed by atoms with van der Waals surface area (Å²) in [5.41, 5.74) is 6.38. The molecule has 1 aliphatic rings. The van der Waals surface area contributed by atoms with E-state index >= 15 is 0 Å². The van der Waals surface area contributed by atoms with Gasteiger partial charge in [-0.25, -0.2) is 0 Å². The molecule has 3 N–H and O–H groups in total. The number of fused-ring (bicyclic) bond motifs is 1. The summed E-state index contributed by atoms with van der Waals surface area (Å²) in [6.45, 7) is 0.335. The molecule has 0 radical (unpaired) electrons. The molecule has 76 valence electrons. The van der Waals surface area contributed by atoms with Crippen LogP contribution in [0.3, 0.4) is 0 Å². The van der Waals surface area contributed by atoms with E-state index < -0.39 is 6.10 Å². The molecule has 0 fully saturated rings. The fourth-order valence-corrected chi connectivity index (χ4v) is 1.52. The summed E-state index contributed by atoms with van der Waals surface area (Å²) in [6, 6.07) is 4.96. The van der Waals surface area contributed by atoms with Crippen molar-refractivity contribution in [1.82, 2.24) is 0 Å². The zero-order valence-electron chi connectivity index (χ0n) is 7.93. The van der Waals surface area contributed by atoms with Gasteiger partial charge in [0.25, 0.3) is 0 Å². The van der Waals surface area contributed by atoms with Crippen molar-refractivity contribution in [2.24, 2.45) is 5.73 Å². The molecule has 0 bridgehead atoms. The highest BCUT2D eigenvalue weighted by Crippen LogP contribution is 2.34. The third kappa shape index (κ3) is 1.42. The van der Waals surface area contributed by atoms with Gasteiger partial charge in [0.05, 0.1) is 13.2 Å². The van der Waals surface area contributed by atoms with Crippen LogP contribution in [-0.4, -0.2) is 24.9 Å². The maximum absolute atomic E-state index is 9.75. The summed E-state index contributed by atoms with van der Waals surface area (Å²) in [5, 5.41) is 9.75. The standard InChI is InChI=1S/C10H13NO3/c1-13-6-2-3-7-9(4-6)14-5-8(11)10(7)12/h2-4,8,10,12H,5,11H2,1H3/t8-,10+/m0/s1. The van der Waals surface area contributed by atoms with E-state index in [0.717, 1.165) is 5.56 Å². The molecule has 0 saturated heterocycles. The van der Waals surface area contributed by atoms with Crippen LogP contribution >= 0.6 is 0 Å². The molecule has 4 heteroatoms. The van der Waals surface area contributed by atoms with Crippen molar-refractivity contribution in [2.75, 3.05) is 13.7 Å². The zero-order chi connectivity index (χ0) is 10.1. The minimum Gasteiger partial charge on any atom is -0.497 e. The first-order chi connectivity index (χ1) is 6.72. The van der Waals surface area contributed by atoms with Gasteiger partial charge < -0.3 is 20.3 Å². The molecule has 0 unspecified atom stereocenters. The first kappa shape index (κ1) is 9.30. The number of rotatable bonds is 1. The van der Waals surface area contributed by atoms with E-state index in [0.29, 0.717) is 18.1 Å². The number of methoxy groups -OCH3 is 1. The fourth-order valence-electron chi connectivity index (χ4n) is 1.52. The molecule has 14 heavy (non-hydrogen) atoms. The Morgan fingerprint density at radius 1 is 1.57 bits per heavy atom. The molecule has 2 atom stereocenters. The van der Waals surface area contributed by atoms with Gasteiger partial charge in [0.15, 0.2) is 0 Å². The van der Waals surface area contributed by atoms with Crippen molar-refractivity contribution in [3.8, 4) is 11.5 Å². The number of benzene rings is 1. The van der Waals surface area contributed by atoms with E-state index in [1.54, 1.807) is 25.3 Å². The molecule has 1 aromatic carbocycles. The van der Waals surface area contributed by atoms with Crippen LogP contribution < -0.4 is 15.2 Å². The summed E-state index contributed by atoms with van der Waals surface area (Å²) in [7, 11) is 1.59. The maximum atomic E-state index is 9.75. The summed E-state index contributed by atoms with van der Waals surface area (Å²) in [6.07, 6.45) is -0.648. The SMILES string of the molecule is COc1ccc2c(c1)OC[C@H](N)[C@@H]2O. The van der Waals surface area contributed by atoms with Crippen LogP contribution in [0.15, 0.2) is 18.2 Å². The Balaban J connectivity index is 2.38. The van der Waals surface area contributed by atoms with Gasteiger partial charge in [-0.05, 0) is 12.1 Å². The van der Waals surface area contributed by atoms with E-state index in [9.17, 15) is 5.11 Å². The van der Waals surface area contributed by atoms with Crippen LogP contribution in [0, 0.1) is 0 Å². The number of ether oxygens (including phenoxy) is 2. The van der Waals surface area contributed by atoms with Crippen LogP contribution in [0.25, 0.3) is 0 Å². The van der Waals surface area contributed by atoms with Crippen LogP contribution in [0.2, 0.25) is 0 Å². The van der Waals surface area contributed by atoms with Crippen molar-refractivity contribution >= 4 is 0 Å². The molecule has 1 heterocycles. The topological polar surface area (TPSA) is 64.7 Å². The number of nitrogens with two attached hydrogens (primary N) is 1. The molecule has 1 aliphatic heterocycles. The van der Waals surface area contributed by atoms with E-state index in [-0.39, 0.29) is 6.04 Å². The van der Waals surface area contributed by atoms with Crippen LogP contribution in [0.4, 0.5) is 0 Å². The van der Waals surface area contributed by atoms with Crippen molar-refractivity contribution in [3.05, 3.63) is 23.8 Å². The average molecular weight is 195 g/mol. The molecular formula is C10H13NO3. The second-order valence-corrected chi connectivity index (χ2v) is 3.32. The monoisotopic (exact) mass is 195 g/mol. The van der Waals surface area contributed by atoms with Crippen molar-refractivity contribution in [2.45, 2.75) is 12.1 Å². The minimum atomic E-state index is -0.648. The Kier molecular flexibility index (Phi) is 2.31. The Hall–Kier alpha value is -1.26. The van der Waals surface area contributed by atoms with Crippen molar-refractivity contribution < 1.29 is 14.6 Å². The molecule has 0 aliphatic carbocycles. The van der Waals surface area contributed by atoms with Gasteiger partial charge in [-0.15, -0.1) is 0 Å². The maximum Gasteiger partial charge on any atom is 0.128 e. The van der Waals surface area contributed by atoms with E-state index in [1.165, 1.54) is 0 Å². The normalized spacial score (nSPS) is 25.1. The molecule has 4 nitrogen and oxygen atoms in total. The first-order valence-corrected chi connectivity index (χ1v) is 4.46. The lowest BCUT2D eigenvalue weighted by molar-refractivity contribution is 0.0913. The Morgan fingerprint density at radius 3 is 3.07 bits per heavy atom. The number of hydrogen-bond acceptors (Lipinski definition) is 4. The van der Waals surface area contributed by atoms with Gasteiger partial charge in [-0.2, -0.15) is 0 Å². The van der Waals surface area contributed by atoms with Gasteiger partial charge in [0.1, 0.15) is 24.2 Å². The number of aliphatic hydroxyl groups excluding tert-OH is 1. The van der Waals surface area contributed by atoms with E-state index in [1.807, 2.05) is 0 Å². The Bertz CT molecular complexity index is 340. The lowest BCUT2D eigenvalue weighted by Gasteiger charge is -2.27. The lowest BCUT2D eigenvalue weighted by atomic mass is 10.00. The predicted octanol–water partition coefficient (Wildman–Crippen LogP) is 0.448. The Morgan fingerprint density at radius 2 is 2.36 bits per heavy atom. The predicted molar refractivity (Wildman–Crippen MR) is 51.4 cm³/mol. The van der Waals surface area contributed by atoms with Gasteiger partial charge in [0.2, 0.25) is 0 Å². The Labute approximate surface area is 82.2 Å². The minimum absolute atomic E-state index is 0.335. The lowest BCUT2D eigenvalue weighted by Crippen LogP contribution is -2.38. The van der Waals surface area contributed by atoms with Crippen LogP contribution in [-0.2, 0) is 0 Å². The molecule has 2 rings (SSSR count). The second-order valence-electron chi connectivity index (χ2n) is 3.32. The zero-order valence-corrected chi connectivity index (χ0v) is 7.93. The molecule has 0 amide bonds.